The van der Waals surface area contributed by atoms with Gasteiger partial charge in [-0.2, -0.15) is 0 Å². The fourth-order valence-corrected chi connectivity index (χ4v) is 11.9. The SMILES string of the molecule is CCCCCCCCCC/C=C/C(O)C(CO)NC(=O)CCCCCCCCCCCCCCCCCCCCCCCCCCCCCCCCCCCCCCCCCOC(=O)CCCCCCCCCCCCCCCC. The van der Waals surface area contributed by atoms with Crippen LogP contribution in [0.5, 0.6) is 0 Å². The van der Waals surface area contributed by atoms with Crippen molar-refractivity contribution in [1.82, 2.24) is 5.32 Å². The van der Waals surface area contributed by atoms with E-state index in [1.54, 1.807) is 6.08 Å². The molecule has 6 nitrogen and oxygen atoms in total. The van der Waals surface area contributed by atoms with Gasteiger partial charge in [0.05, 0.1) is 25.4 Å². The first-order valence-corrected chi connectivity index (χ1v) is 37.0. The van der Waals surface area contributed by atoms with E-state index in [2.05, 4.69) is 19.2 Å². The molecule has 0 spiro atoms. The van der Waals surface area contributed by atoms with Crippen molar-refractivity contribution in [3.8, 4) is 0 Å². The second-order valence-electron chi connectivity index (χ2n) is 25.6. The molecule has 0 fully saturated rings. The van der Waals surface area contributed by atoms with E-state index >= 15 is 0 Å². The number of rotatable bonds is 70. The molecule has 0 aliphatic rings. The Kier molecular flexibility index (Phi) is 68.9. The number of hydrogen-bond acceptors (Lipinski definition) is 5. The number of aliphatic hydroxyl groups excluding tert-OH is 2. The van der Waals surface area contributed by atoms with Crippen molar-refractivity contribution in [2.45, 2.75) is 437 Å². The zero-order chi connectivity index (χ0) is 57.8. The minimum atomic E-state index is -0.837. The topological polar surface area (TPSA) is 95.9 Å². The highest BCUT2D eigenvalue weighted by atomic mass is 16.5. The summed E-state index contributed by atoms with van der Waals surface area (Å²) in [6.45, 7) is 4.93. The van der Waals surface area contributed by atoms with Crippen molar-refractivity contribution in [3.63, 3.8) is 0 Å². The maximum Gasteiger partial charge on any atom is 0.305 e. The van der Waals surface area contributed by atoms with E-state index in [4.69, 9.17) is 4.74 Å². The normalized spacial score (nSPS) is 12.5. The lowest BCUT2D eigenvalue weighted by Crippen LogP contribution is -2.45. The van der Waals surface area contributed by atoms with E-state index in [-0.39, 0.29) is 18.5 Å². The van der Waals surface area contributed by atoms with Gasteiger partial charge in [0.2, 0.25) is 5.91 Å². The average Bonchev–Trinajstić information content (AvgIpc) is 3.46. The van der Waals surface area contributed by atoms with Crippen molar-refractivity contribution in [1.29, 1.82) is 0 Å². The summed E-state index contributed by atoms with van der Waals surface area (Å²) in [7, 11) is 0. The number of unbranched alkanes of at least 4 members (excludes halogenated alkanes) is 59. The Morgan fingerprint density at radius 1 is 0.338 bits per heavy atom. The minimum Gasteiger partial charge on any atom is -0.466 e. The molecule has 0 saturated heterocycles. The number of aliphatic hydroxyl groups is 2. The molecule has 0 aliphatic heterocycles. The van der Waals surface area contributed by atoms with Gasteiger partial charge in [-0.15, -0.1) is 0 Å². The lowest BCUT2D eigenvalue weighted by molar-refractivity contribution is -0.143. The second kappa shape index (κ2) is 70.1. The number of allylic oxidation sites excluding steroid dienone is 1. The molecule has 0 aromatic heterocycles. The van der Waals surface area contributed by atoms with Gasteiger partial charge < -0.3 is 20.3 Å². The molecular formula is C74H145NO5. The predicted molar refractivity (Wildman–Crippen MR) is 352 cm³/mol. The summed E-state index contributed by atoms with van der Waals surface area (Å²) in [6, 6.07) is -0.620. The number of nitrogens with one attached hydrogen (secondary N) is 1. The maximum atomic E-state index is 12.4. The summed E-state index contributed by atoms with van der Waals surface area (Å²) in [4.78, 5) is 24.5. The van der Waals surface area contributed by atoms with E-state index in [0.29, 0.717) is 19.4 Å². The molecule has 80 heavy (non-hydrogen) atoms. The summed E-state index contributed by atoms with van der Waals surface area (Å²) in [5.41, 5.74) is 0. The van der Waals surface area contributed by atoms with Gasteiger partial charge in [0.25, 0.3) is 0 Å². The minimum absolute atomic E-state index is 0.0269. The monoisotopic (exact) mass is 1130 g/mol. The highest BCUT2D eigenvalue weighted by Gasteiger charge is 2.18. The van der Waals surface area contributed by atoms with E-state index in [9.17, 15) is 19.8 Å². The highest BCUT2D eigenvalue weighted by molar-refractivity contribution is 5.76. The van der Waals surface area contributed by atoms with Crippen LogP contribution in [0, 0.1) is 0 Å². The molecule has 0 aliphatic carbocycles. The van der Waals surface area contributed by atoms with E-state index in [1.165, 1.54) is 360 Å². The van der Waals surface area contributed by atoms with Gasteiger partial charge >= 0.3 is 5.97 Å². The van der Waals surface area contributed by atoms with Crippen molar-refractivity contribution in [2.24, 2.45) is 0 Å². The number of amides is 1. The van der Waals surface area contributed by atoms with Gasteiger partial charge in [0, 0.05) is 12.8 Å². The van der Waals surface area contributed by atoms with Crippen LogP contribution in [0.4, 0.5) is 0 Å². The van der Waals surface area contributed by atoms with E-state index in [1.807, 2.05) is 6.08 Å². The van der Waals surface area contributed by atoms with Gasteiger partial charge in [-0.05, 0) is 32.1 Å². The number of carbonyl (C=O) groups excluding carboxylic acids is 2. The zero-order valence-electron chi connectivity index (χ0n) is 54.6. The van der Waals surface area contributed by atoms with Crippen molar-refractivity contribution in [2.75, 3.05) is 13.2 Å². The van der Waals surface area contributed by atoms with Crippen LogP contribution in [0.2, 0.25) is 0 Å². The molecule has 0 aromatic carbocycles. The number of carbonyl (C=O) groups is 2. The Bertz CT molecular complexity index is 1210. The summed E-state index contributed by atoms with van der Waals surface area (Å²) in [6.07, 6.45) is 87.7. The summed E-state index contributed by atoms with van der Waals surface area (Å²) in [5.74, 6) is -0.0347. The molecular weight excluding hydrogens is 983 g/mol. The standard InChI is InChI=1S/C74H145NO5/c1-3-5-7-9-11-13-15-16-45-48-52-56-60-64-68-74(79)80-69-65-61-57-53-49-46-43-41-39-37-35-33-31-29-27-25-23-21-19-17-18-20-22-24-26-28-30-32-34-36-38-40-42-44-47-51-55-59-63-67-73(78)75-71(70-76)72(77)66-62-58-54-50-14-12-10-8-6-4-2/h62,66,71-72,76-77H,3-61,63-65,67-70H2,1-2H3,(H,75,78)/b66-62+. The second-order valence-corrected chi connectivity index (χ2v) is 25.6. The lowest BCUT2D eigenvalue weighted by Gasteiger charge is -2.20. The summed E-state index contributed by atoms with van der Waals surface area (Å²) in [5, 5.41) is 23.0. The number of hydrogen-bond donors (Lipinski definition) is 3. The predicted octanol–water partition coefficient (Wildman–Crippen LogP) is 23.9. The first kappa shape index (κ1) is 78.6. The number of ether oxygens (including phenoxy) is 1. The van der Waals surface area contributed by atoms with Crippen LogP contribution < -0.4 is 5.32 Å². The molecule has 1 amide bonds. The van der Waals surface area contributed by atoms with Crippen LogP contribution >= 0.6 is 0 Å². The van der Waals surface area contributed by atoms with Gasteiger partial charge in [-0.1, -0.05) is 392 Å². The molecule has 0 aromatic rings. The maximum absolute atomic E-state index is 12.4. The van der Waals surface area contributed by atoms with Gasteiger partial charge in [-0.3, -0.25) is 9.59 Å². The lowest BCUT2D eigenvalue weighted by atomic mass is 10.0. The van der Waals surface area contributed by atoms with Crippen LogP contribution in [0.25, 0.3) is 0 Å². The smallest absolute Gasteiger partial charge is 0.305 e. The molecule has 476 valence electrons. The largest absolute Gasteiger partial charge is 0.466 e. The Morgan fingerprint density at radius 3 is 0.850 bits per heavy atom. The Labute approximate surface area is 501 Å². The Morgan fingerprint density at radius 2 is 0.575 bits per heavy atom. The van der Waals surface area contributed by atoms with Gasteiger partial charge in [0.1, 0.15) is 0 Å². The highest BCUT2D eigenvalue weighted by Crippen LogP contribution is 2.20. The Hall–Kier alpha value is -1.40. The van der Waals surface area contributed by atoms with E-state index < -0.39 is 12.1 Å². The fourth-order valence-electron chi connectivity index (χ4n) is 11.9. The van der Waals surface area contributed by atoms with Crippen molar-refractivity contribution >= 4 is 11.9 Å². The third-order valence-electron chi connectivity index (χ3n) is 17.6. The van der Waals surface area contributed by atoms with Crippen LogP contribution in [0.1, 0.15) is 425 Å². The molecule has 3 N–H and O–H groups in total. The third kappa shape index (κ3) is 65.7. The summed E-state index contributed by atoms with van der Waals surface area (Å²) >= 11 is 0. The quantitative estimate of drug-likeness (QED) is 0.0320. The van der Waals surface area contributed by atoms with Crippen LogP contribution in [-0.2, 0) is 14.3 Å². The molecule has 0 bridgehead atoms. The first-order valence-electron chi connectivity index (χ1n) is 37.0. The van der Waals surface area contributed by atoms with Gasteiger partial charge in [0.15, 0.2) is 0 Å². The third-order valence-corrected chi connectivity index (χ3v) is 17.6. The summed E-state index contributed by atoms with van der Waals surface area (Å²) < 4.78 is 5.50. The fraction of sp³-hybridized carbons (Fsp3) is 0.946. The molecule has 0 saturated carbocycles. The average molecular weight is 1130 g/mol. The zero-order valence-corrected chi connectivity index (χ0v) is 54.6. The van der Waals surface area contributed by atoms with E-state index in [0.717, 1.165) is 38.5 Å². The van der Waals surface area contributed by atoms with Crippen molar-refractivity contribution in [3.05, 3.63) is 12.2 Å². The van der Waals surface area contributed by atoms with Crippen LogP contribution in [0.3, 0.4) is 0 Å². The van der Waals surface area contributed by atoms with Crippen LogP contribution in [0.15, 0.2) is 12.2 Å². The number of esters is 1. The molecule has 2 unspecified atom stereocenters. The Balaban J connectivity index is 3.26. The van der Waals surface area contributed by atoms with Gasteiger partial charge in [-0.25, -0.2) is 0 Å². The molecule has 0 rings (SSSR count). The molecule has 0 heterocycles. The first-order chi connectivity index (χ1) is 39.5. The molecule has 0 radical (unpaired) electrons. The molecule has 2 atom stereocenters. The van der Waals surface area contributed by atoms with Crippen LogP contribution in [-0.4, -0.2) is 47.4 Å². The van der Waals surface area contributed by atoms with Crippen molar-refractivity contribution < 1.29 is 24.5 Å². The molecule has 6 heteroatoms.